The summed E-state index contributed by atoms with van der Waals surface area (Å²) in [5.41, 5.74) is 2.08. The highest BCUT2D eigenvalue weighted by Crippen LogP contribution is 2.24. The second-order valence-electron chi connectivity index (χ2n) is 5.81. The van der Waals surface area contributed by atoms with E-state index in [0.717, 1.165) is 38.0 Å². The van der Waals surface area contributed by atoms with Gasteiger partial charge in [0.1, 0.15) is 5.82 Å². The highest BCUT2D eigenvalue weighted by molar-refractivity contribution is 5.51. The molecule has 2 heterocycles. The molecule has 1 aliphatic rings. The van der Waals surface area contributed by atoms with Crippen molar-refractivity contribution in [1.82, 2.24) is 10.3 Å². The Hall–Kier alpha value is -2.45. The number of rotatable bonds is 4. The van der Waals surface area contributed by atoms with Crippen LogP contribution in [-0.2, 0) is 6.54 Å². The van der Waals surface area contributed by atoms with Crippen molar-refractivity contribution in [3.63, 3.8) is 0 Å². The lowest BCUT2D eigenvalue weighted by atomic mass is 10.0. The molecule has 1 unspecified atom stereocenters. The van der Waals surface area contributed by atoms with Crippen LogP contribution >= 0.6 is 0 Å². The van der Waals surface area contributed by atoms with Crippen LogP contribution in [0, 0.1) is 17.1 Å². The molecule has 1 fully saturated rings. The lowest BCUT2D eigenvalue weighted by molar-refractivity contribution is 0.418. The number of aromatic nitrogens is 1. The van der Waals surface area contributed by atoms with Crippen molar-refractivity contribution in [2.24, 2.45) is 0 Å². The fraction of sp³-hybridized carbons (Fsp3) is 0.333. The van der Waals surface area contributed by atoms with Gasteiger partial charge in [0.15, 0.2) is 0 Å². The maximum absolute atomic E-state index is 14.2. The Morgan fingerprint density at radius 3 is 3.04 bits per heavy atom. The molecule has 1 N–H and O–H groups in total. The van der Waals surface area contributed by atoms with Crippen LogP contribution in [0.5, 0.6) is 0 Å². The van der Waals surface area contributed by atoms with Crippen LogP contribution < -0.4 is 10.2 Å². The molecule has 23 heavy (non-hydrogen) atoms. The number of benzene rings is 1. The van der Waals surface area contributed by atoms with Gasteiger partial charge in [-0.15, -0.1) is 0 Å². The van der Waals surface area contributed by atoms with Crippen molar-refractivity contribution < 1.29 is 4.39 Å². The predicted molar refractivity (Wildman–Crippen MR) is 87.4 cm³/mol. The zero-order valence-corrected chi connectivity index (χ0v) is 12.9. The van der Waals surface area contributed by atoms with Crippen molar-refractivity contribution in [2.45, 2.75) is 25.4 Å². The Balaban J connectivity index is 1.63. The summed E-state index contributed by atoms with van der Waals surface area (Å²) in [5, 5.41) is 12.4. The van der Waals surface area contributed by atoms with Crippen LogP contribution in [0.25, 0.3) is 0 Å². The molecule has 2 aromatic rings. The molecule has 0 amide bonds. The smallest absolute Gasteiger partial charge is 0.147 e. The van der Waals surface area contributed by atoms with E-state index in [2.05, 4.69) is 15.2 Å². The summed E-state index contributed by atoms with van der Waals surface area (Å²) in [6.45, 7) is 2.37. The summed E-state index contributed by atoms with van der Waals surface area (Å²) in [7, 11) is 0. The van der Waals surface area contributed by atoms with E-state index in [1.165, 1.54) is 6.07 Å². The van der Waals surface area contributed by atoms with Gasteiger partial charge >= 0.3 is 0 Å². The highest BCUT2D eigenvalue weighted by Gasteiger charge is 2.21. The van der Waals surface area contributed by atoms with Crippen molar-refractivity contribution in [1.29, 1.82) is 5.26 Å². The average molecular weight is 310 g/mol. The quantitative estimate of drug-likeness (QED) is 0.943. The maximum Gasteiger partial charge on any atom is 0.147 e. The molecule has 3 rings (SSSR count). The second-order valence-corrected chi connectivity index (χ2v) is 5.81. The third-order valence-electron chi connectivity index (χ3n) is 4.16. The van der Waals surface area contributed by atoms with Gasteiger partial charge in [-0.25, -0.2) is 4.39 Å². The molecule has 0 bridgehead atoms. The van der Waals surface area contributed by atoms with E-state index in [0.29, 0.717) is 17.3 Å². The summed E-state index contributed by atoms with van der Waals surface area (Å²) in [6.07, 6.45) is 5.71. The van der Waals surface area contributed by atoms with Gasteiger partial charge < -0.3 is 10.2 Å². The van der Waals surface area contributed by atoms with Gasteiger partial charge in [-0.1, -0.05) is 6.07 Å². The summed E-state index contributed by atoms with van der Waals surface area (Å²) in [4.78, 5) is 6.17. The monoisotopic (exact) mass is 310 g/mol. The van der Waals surface area contributed by atoms with E-state index in [9.17, 15) is 4.39 Å². The molecule has 1 atom stereocenters. The molecule has 1 aromatic heterocycles. The minimum absolute atomic E-state index is 0.319. The number of hydrogen-bond donors (Lipinski definition) is 1. The molecule has 0 spiro atoms. The predicted octanol–water partition coefficient (Wildman–Crippen LogP) is 2.85. The summed E-state index contributed by atoms with van der Waals surface area (Å²) < 4.78 is 14.2. The zero-order valence-electron chi connectivity index (χ0n) is 12.9. The van der Waals surface area contributed by atoms with Crippen LogP contribution in [0.1, 0.15) is 24.0 Å². The molecule has 1 saturated heterocycles. The normalized spacial score (nSPS) is 17.7. The van der Waals surface area contributed by atoms with Gasteiger partial charge in [-0.3, -0.25) is 4.98 Å². The lowest BCUT2D eigenvalue weighted by Crippen LogP contribution is -2.45. The van der Waals surface area contributed by atoms with E-state index in [1.807, 2.05) is 24.4 Å². The molecule has 0 radical (unpaired) electrons. The van der Waals surface area contributed by atoms with Crippen LogP contribution in [0.15, 0.2) is 42.7 Å². The zero-order chi connectivity index (χ0) is 16.1. The first-order valence-electron chi connectivity index (χ1n) is 7.83. The number of piperidine rings is 1. The van der Waals surface area contributed by atoms with E-state index < -0.39 is 0 Å². The highest BCUT2D eigenvalue weighted by atomic mass is 19.1. The third kappa shape index (κ3) is 3.85. The molecule has 0 aliphatic carbocycles. The molecule has 1 aromatic carbocycles. The molecular weight excluding hydrogens is 291 g/mol. The number of nitrogens with zero attached hydrogens (tertiary/aromatic N) is 3. The number of nitrogens with one attached hydrogen (secondary N) is 1. The van der Waals surface area contributed by atoms with E-state index in [1.54, 1.807) is 18.3 Å². The summed E-state index contributed by atoms with van der Waals surface area (Å²) >= 11 is 0. The number of pyridine rings is 1. The van der Waals surface area contributed by atoms with Gasteiger partial charge in [0.2, 0.25) is 0 Å². The van der Waals surface area contributed by atoms with E-state index in [-0.39, 0.29) is 5.82 Å². The average Bonchev–Trinajstić information content (AvgIpc) is 2.61. The Labute approximate surface area is 135 Å². The Kier molecular flexibility index (Phi) is 4.84. The lowest BCUT2D eigenvalue weighted by Gasteiger charge is -2.35. The number of halogens is 1. The maximum atomic E-state index is 14.2. The fourth-order valence-corrected chi connectivity index (χ4v) is 2.96. The molecule has 0 saturated carbocycles. The fourth-order valence-electron chi connectivity index (χ4n) is 2.96. The Morgan fingerprint density at radius 1 is 1.39 bits per heavy atom. The van der Waals surface area contributed by atoms with Crippen LogP contribution in [-0.4, -0.2) is 24.1 Å². The standard InChI is InChI=1S/C18H19FN4/c19-17-9-14(10-20)5-6-18(17)23-8-2-4-16(13-23)22-12-15-3-1-7-21-11-15/h1,3,5-7,9,11,16,22H,2,4,8,12-13H2. The van der Waals surface area contributed by atoms with Crippen molar-refractivity contribution in [2.75, 3.05) is 18.0 Å². The first-order chi connectivity index (χ1) is 11.3. The van der Waals surface area contributed by atoms with Gasteiger partial charge in [-0.05, 0) is 42.7 Å². The number of nitriles is 1. The van der Waals surface area contributed by atoms with Crippen molar-refractivity contribution >= 4 is 5.69 Å². The first-order valence-corrected chi connectivity index (χ1v) is 7.83. The summed E-state index contributed by atoms with van der Waals surface area (Å²) in [6, 6.07) is 10.9. The van der Waals surface area contributed by atoms with Gasteiger partial charge in [-0.2, -0.15) is 5.26 Å². The van der Waals surface area contributed by atoms with Gasteiger partial charge in [0.05, 0.1) is 17.3 Å². The topological polar surface area (TPSA) is 52.0 Å². The number of anilines is 1. The Morgan fingerprint density at radius 2 is 2.30 bits per heavy atom. The number of hydrogen-bond acceptors (Lipinski definition) is 4. The Bertz CT molecular complexity index is 696. The third-order valence-corrected chi connectivity index (χ3v) is 4.16. The molecule has 118 valence electrons. The minimum Gasteiger partial charge on any atom is -0.368 e. The van der Waals surface area contributed by atoms with Crippen LogP contribution in [0.3, 0.4) is 0 Å². The molecule has 1 aliphatic heterocycles. The van der Waals surface area contributed by atoms with Gasteiger partial charge in [0.25, 0.3) is 0 Å². The van der Waals surface area contributed by atoms with Crippen LogP contribution in [0.2, 0.25) is 0 Å². The van der Waals surface area contributed by atoms with Gasteiger partial charge in [0, 0.05) is 38.1 Å². The summed E-state index contributed by atoms with van der Waals surface area (Å²) in [5.74, 6) is -0.322. The van der Waals surface area contributed by atoms with Crippen molar-refractivity contribution in [3.8, 4) is 6.07 Å². The van der Waals surface area contributed by atoms with E-state index >= 15 is 0 Å². The van der Waals surface area contributed by atoms with Crippen molar-refractivity contribution in [3.05, 3.63) is 59.7 Å². The molecule has 4 nitrogen and oxygen atoms in total. The van der Waals surface area contributed by atoms with E-state index in [4.69, 9.17) is 5.26 Å². The minimum atomic E-state index is -0.322. The molecule has 5 heteroatoms. The SMILES string of the molecule is N#Cc1ccc(N2CCCC(NCc3cccnc3)C2)c(F)c1. The van der Waals surface area contributed by atoms with Crippen LogP contribution in [0.4, 0.5) is 10.1 Å². The molecular formula is C18H19FN4. The second kappa shape index (κ2) is 7.21. The first kappa shape index (κ1) is 15.4. The largest absolute Gasteiger partial charge is 0.368 e.